The molecular weight excluding hydrogens is 470 g/mol. The summed E-state index contributed by atoms with van der Waals surface area (Å²) >= 11 is 1.07. The highest BCUT2D eigenvalue weighted by molar-refractivity contribution is 7.91. The van der Waals surface area contributed by atoms with Crippen LogP contribution in [0.5, 0.6) is 0 Å². The number of carbonyl (C=O) groups excluding carboxylic acids is 1. The van der Waals surface area contributed by atoms with Crippen LogP contribution in [0.25, 0.3) is 11.1 Å². The Morgan fingerprint density at radius 1 is 1.26 bits per heavy atom. The van der Waals surface area contributed by atoms with E-state index in [2.05, 4.69) is 9.55 Å². The lowest BCUT2D eigenvalue weighted by molar-refractivity contribution is 0.0500. The molecule has 0 aliphatic carbocycles. The van der Waals surface area contributed by atoms with E-state index in [-0.39, 0.29) is 16.7 Å². The number of nitrogens with two attached hydrogens (primary N) is 1. The number of imidazole rings is 1. The normalized spacial score (nSPS) is 11.8. The number of aromatic nitrogens is 2. The molecule has 3 rings (SSSR count). The van der Waals surface area contributed by atoms with E-state index in [1.807, 2.05) is 58.2 Å². The average molecular weight is 504 g/mol. The molecule has 0 fully saturated rings. The molecule has 0 atom stereocenters. The van der Waals surface area contributed by atoms with Crippen LogP contribution in [0.1, 0.15) is 67.2 Å². The van der Waals surface area contributed by atoms with E-state index in [1.165, 1.54) is 0 Å². The number of benzene rings is 1. The topological polar surface area (TPSA) is 104 Å². The van der Waals surface area contributed by atoms with Crippen molar-refractivity contribution in [2.24, 2.45) is 11.1 Å². The fraction of sp³-hybridized carbons (Fsp3) is 0.440. The van der Waals surface area contributed by atoms with E-state index < -0.39 is 16.0 Å². The van der Waals surface area contributed by atoms with Gasteiger partial charge in [0.1, 0.15) is 10.0 Å². The van der Waals surface area contributed by atoms with Crippen LogP contribution in [0.15, 0.2) is 40.9 Å². The van der Waals surface area contributed by atoms with Crippen molar-refractivity contribution < 1.29 is 17.9 Å². The number of carbonyl (C=O) groups is 1. The number of sulfonamides is 1. The van der Waals surface area contributed by atoms with Gasteiger partial charge in [0.2, 0.25) is 10.0 Å². The van der Waals surface area contributed by atoms with Gasteiger partial charge in [-0.1, -0.05) is 52.3 Å². The summed E-state index contributed by atoms with van der Waals surface area (Å²) < 4.78 is 32.8. The third-order valence-corrected chi connectivity index (χ3v) is 8.10. The molecule has 0 amide bonds. The Bertz CT molecular complexity index is 1240. The minimum Gasteiger partial charge on any atom is -0.462 e. The Morgan fingerprint density at radius 2 is 2.03 bits per heavy atom. The van der Waals surface area contributed by atoms with Crippen molar-refractivity contribution in [3.8, 4) is 11.1 Å². The molecule has 0 saturated heterocycles. The summed E-state index contributed by atoms with van der Waals surface area (Å²) in [6, 6.07) is 7.57. The number of primary sulfonamides is 1. The fourth-order valence-corrected chi connectivity index (χ4v) is 6.37. The number of esters is 1. The van der Waals surface area contributed by atoms with Gasteiger partial charge >= 0.3 is 5.97 Å². The van der Waals surface area contributed by atoms with E-state index in [0.29, 0.717) is 34.5 Å². The molecule has 184 valence electrons. The third kappa shape index (κ3) is 6.14. The summed E-state index contributed by atoms with van der Waals surface area (Å²) in [7, 11) is -4.06. The molecular formula is C25H33N3O4S2. The van der Waals surface area contributed by atoms with Crippen LogP contribution in [0.2, 0.25) is 0 Å². The van der Waals surface area contributed by atoms with E-state index in [0.717, 1.165) is 42.0 Å². The molecule has 2 N–H and O–H groups in total. The van der Waals surface area contributed by atoms with Gasteiger partial charge in [-0.25, -0.2) is 23.3 Å². The third-order valence-electron chi connectivity index (χ3n) is 5.42. The highest BCUT2D eigenvalue weighted by atomic mass is 32.2. The number of thiophene rings is 1. The molecule has 2 aromatic heterocycles. The van der Waals surface area contributed by atoms with Gasteiger partial charge in [0.25, 0.3) is 0 Å². The summed E-state index contributed by atoms with van der Waals surface area (Å²) in [5.41, 5.74) is 2.25. The molecule has 0 aliphatic rings. The first-order valence-electron chi connectivity index (χ1n) is 11.6. The second kappa shape index (κ2) is 11.3. The van der Waals surface area contributed by atoms with Crippen LogP contribution in [0.3, 0.4) is 0 Å². The average Bonchev–Trinajstić information content (AvgIpc) is 3.37. The number of hydrogen-bond donors (Lipinski definition) is 1. The van der Waals surface area contributed by atoms with E-state index in [1.54, 1.807) is 6.20 Å². The van der Waals surface area contributed by atoms with Crippen molar-refractivity contribution in [1.82, 2.24) is 9.55 Å². The van der Waals surface area contributed by atoms with Crippen molar-refractivity contribution in [2.75, 3.05) is 6.61 Å². The number of ether oxygens (including phenoxy) is 1. The van der Waals surface area contributed by atoms with Crippen molar-refractivity contribution in [1.29, 1.82) is 0 Å². The molecule has 9 heteroatoms. The summed E-state index contributed by atoms with van der Waals surface area (Å²) in [5, 5.41) is 5.63. The Morgan fingerprint density at radius 3 is 2.68 bits per heavy atom. The van der Waals surface area contributed by atoms with Gasteiger partial charge in [0, 0.05) is 35.8 Å². The lowest BCUT2D eigenvalue weighted by Crippen LogP contribution is -2.13. The maximum atomic E-state index is 13.2. The van der Waals surface area contributed by atoms with Crippen molar-refractivity contribution in [2.45, 2.75) is 64.1 Å². The van der Waals surface area contributed by atoms with Crippen molar-refractivity contribution in [3.05, 3.63) is 58.5 Å². The van der Waals surface area contributed by atoms with Crippen LogP contribution < -0.4 is 5.14 Å². The maximum Gasteiger partial charge on any atom is 0.339 e. The molecule has 0 aliphatic heterocycles. The zero-order valence-electron chi connectivity index (χ0n) is 20.2. The smallest absolute Gasteiger partial charge is 0.339 e. The summed E-state index contributed by atoms with van der Waals surface area (Å²) in [6.45, 7) is 8.99. The van der Waals surface area contributed by atoms with Gasteiger partial charge in [0.05, 0.1) is 12.2 Å². The molecule has 0 radical (unpaired) electrons. The molecule has 1 aromatic carbocycles. The fourth-order valence-electron chi connectivity index (χ4n) is 3.85. The van der Waals surface area contributed by atoms with E-state index in [9.17, 15) is 13.2 Å². The SMILES string of the molecule is CCCCOC(=O)c1c(CC(C)C)sc(S(N)(=O)=O)c1-c1cccc(Cn2ccnc2CC)c1. The van der Waals surface area contributed by atoms with Gasteiger partial charge < -0.3 is 9.30 Å². The second-order valence-electron chi connectivity index (χ2n) is 8.72. The predicted octanol–water partition coefficient (Wildman–Crippen LogP) is 5.03. The monoisotopic (exact) mass is 503 g/mol. The van der Waals surface area contributed by atoms with Crippen molar-refractivity contribution in [3.63, 3.8) is 0 Å². The first-order chi connectivity index (χ1) is 16.2. The quantitative estimate of drug-likeness (QED) is 0.292. The first-order valence-corrected chi connectivity index (χ1v) is 14.0. The van der Waals surface area contributed by atoms with Crippen LogP contribution in [0.4, 0.5) is 0 Å². The molecule has 0 saturated carbocycles. The van der Waals surface area contributed by atoms with E-state index in [4.69, 9.17) is 9.88 Å². The van der Waals surface area contributed by atoms with Crippen LogP contribution in [-0.2, 0) is 34.1 Å². The Labute approximate surface area is 206 Å². The number of hydrogen-bond acceptors (Lipinski definition) is 6. The second-order valence-corrected chi connectivity index (χ2v) is 11.6. The molecule has 0 spiro atoms. The van der Waals surface area contributed by atoms with Crippen LogP contribution in [0, 0.1) is 5.92 Å². The summed E-state index contributed by atoms with van der Waals surface area (Å²) in [5.74, 6) is 0.686. The number of rotatable bonds is 11. The molecule has 7 nitrogen and oxygen atoms in total. The zero-order valence-corrected chi connectivity index (χ0v) is 21.8. The highest BCUT2D eigenvalue weighted by Crippen LogP contribution is 2.41. The van der Waals surface area contributed by atoms with Gasteiger partial charge in [-0.15, -0.1) is 11.3 Å². The number of nitrogens with zero attached hydrogens (tertiary/aromatic N) is 2. The van der Waals surface area contributed by atoms with E-state index >= 15 is 0 Å². The standard InChI is InChI=1S/C25H33N3O4S2/c1-5-7-13-32-24(29)23-20(14-17(3)4)33-25(34(26,30)31)22(23)19-10-8-9-18(15-19)16-28-12-11-27-21(28)6-2/h8-12,15,17H,5-7,13-14,16H2,1-4H3,(H2,26,30,31). The summed E-state index contributed by atoms with van der Waals surface area (Å²) in [6.07, 6.45) is 6.68. The summed E-state index contributed by atoms with van der Waals surface area (Å²) in [4.78, 5) is 18.3. The molecule has 0 unspecified atom stereocenters. The Hall–Kier alpha value is -2.49. The van der Waals surface area contributed by atoms with Gasteiger partial charge in [-0.2, -0.15) is 0 Å². The highest BCUT2D eigenvalue weighted by Gasteiger charge is 2.30. The zero-order chi connectivity index (χ0) is 24.9. The minimum absolute atomic E-state index is 0.000352. The lowest BCUT2D eigenvalue weighted by atomic mass is 9.98. The molecule has 2 heterocycles. The maximum absolute atomic E-state index is 13.2. The predicted molar refractivity (Wildman–Crippen MR) is 136 cm³/mol. The van der Waals surface area contributed by atoms with Crippen molar-refractivity contribution >= 4 is 27.3 Å². The molecule has 34 heavy (non-hydrogen) atoms. The van der Waals surface area contributed by atoms with Crippen LogP contribution in [-0.4, -0.2) is 30.5 Å². The van der Waals surface area contributed by atoms with Gasteiger partial charge in [0.15, 0.2) is 0 Å². The lowest BCUT2D eigenvalue weighted by Gasteiger charge is -2.12. The minimum atomic E-state index is -4.06. The first kappa shape index (κ1) is 26.1. The van der Waals surface area contributed by atoms with Gasteiger partial charge in [-0.05, 0) is 36.0 Å². The Kier molecular flexibility index (Phi) is 8.67. The van der Waals surface area contributed by atoms with Crippen LogP contribution >= 0.6 is 11.3 Å². The molecule has 0 bridgehead atoms. The number of unbranched alkanes of at least 4 members (excludes halogenated alkanes) is 1. The Balaban J connectivity index is 2.15. The largest absolute Gasteiger partial charge is 0.462 e. The molecule has 3 aromatic rings. The van der Waals surface area contributed by atoms with Gasteiger partial charge in [-0.3, -0.25) is 0 Å². The number of aryl methyl sites for hydroxylation is 1.